The molecule has 4 N–H and O–H groups in total. The van der Waals surface area contributed by atoms with Crippen LogP contribution in [0.2, 0.25) is 0 Å². The Hall–Kier alpha value is -2.48. The van der Waals surface area contributed by atoms with Crippen molar-refractivity contribution in [2.45, 2.75) is 6.54 Å². The second-order valence-electron chi connectivity index (χ2n) is 3.93. The fourth-order valence-electron chi connectivity index (χ4n) is 1.69. The molecule has 0 aliphatic rings. The van der Waals surface area contributed by atoms with Crippen LogP contribution in [0, 0.1) is 0 Å². The Morgan fingerprint density at radius 1 is 1.47 bits per heavy atom. The number of hydrogen-bond donors (Lipinski definition) is 3. The molecule has 0 bridgehead atoms. The molecule has 0 saturated carbocycles. The second kappa shape index (κ2) is 5.44. The summed E-state index contributed by atoms with van der Waals surface area (Å²) in [4.78, 5) is 40.8. The minimum absolute atomic E-state index is 0.00178. The number of H-pyrrole nitrogens is 1. The fraction of sp³-hybridized carbons (Fsp3) is 0.273. The highest BCUT2D eigenvalue weighted by Gasteiger charge is 2.07. The lowest BCUT2D eigenvalue weighted by molar-refractivity contribution is -0.117. The van der Waals surface area contributed by atoms with Gasteiger partial charge in [0.2, 0.25) is 5.91 Å². The fourth-order valence-corrected chi connectivity index (χ4v) is 1.69. The normalized spacial score (nSPS) is 10.7. The largest absolute Gasteiger partial charge is 0.369 e. The van der Waals surface area contributed by atoms with Crippen molar-refractivity contribution < 1.29 is 4.79 Å². The predicted molar refractivity (Wildman–Crippen MR) is 68.7 cm³/mol. The van der Waals surface area contributed by atoms with Crippen LogP contribution in [-0.2, 0) is 11.3 Å². The number of carbonyl (C=O) groups excluding carboxylic acids is 1. The molecule has 1 amide bonds. The van der Waals surface area contributed by atoms with Crippen LogP contribution in [0.3, 0.4) is 0 Å². The smallest absolute Gasteiger partial charge is 0.330 e. The van der Waals surface area contributed by atoms with Crippen LogP contribution in [0.1, 0.15) is 0 Å². The standard InChI is InChI=1S/C11H13N5O3/c12-8(17)6-13-4-5-16-10(18)7-2-1-3-14-9(7)15-11(16)19/h1-3,13H,4-6H2,(H2,12,17)(H,14,15,19). The molecule has 2 heterocycles. The van der Waals surface area contributed by atoms with E-state index in [0.29, 0.717) is 5.39 Å². The zero-order valence-corrected chi connectivity index (χ0v) is 10.0. The van der Waals surface area contributed by atoms with Crippen LogP contribution in [0.15, 0.2) is 27.9 Å². The molecule has 0 atom stereocenters. The third-order valence-corrected chi connectivity index (χ3v) is 2.57. The molecule has 2 aromatic rings. The lowest BCUT2D eigenvalue weighted by Crippen LogP contribution is -2.39. The van der Waals surface area contributed by atoms with Gasteiger partial charge in [-0.15, -0.1) is 0 Å². The van der Waals surface area contributed by atoms with Gasteiger partial charge in [0.1, 0.15) is 5.65 Å². The van der Waals surface area contributed by atoms with E-state index in [9.17, 15) is 14.4 Å². The third-order valence-electron chi connectivity index (χ3n) is 2.57. The van der Waals surface area contributed by atoms with Gasteiger partial charge in [0, 0.05) is 19.3 Å². The molecule has 8 heteroatoms. The Morgan fingerprint density at radius 2 is 2.26 bits per heavy atom. The SMILES string of the molecule is NC(=O)CNCCn1c(=O)[nH]c2ncccc2c1=O. The van der Waals surface area contributed by atoms with Crippen LogP contribution in [-0.4, -0.2) is 33.5 Å². The molecule has 0 unspecified atom stereocenters. The summed E-state index contributed by atoms with van der Waals surface area (Å²) in [5, 5.41) is 3.08. The van der Waals surface area contributed by atoms with E-state index in [1.807, 2.05) is 0 Å². The first kappa shape index (κ1) is 13.0. The Balaban J connectivity index is 2.26. The number of aromatic amines is 1. The van der Waals surface area contributed by atoms with Crippen LogP contribution < -0.4 is 22.3 Å². The van der Waals surface area contributed by atoms with Gasteiger partial charge in [0.25, 0.3) is 5.56 Å². The number of fused-ring (bicyclic) bond motifs is 1. The van der Waals surface area contributed by atoms with Crippen molar-refractivity contribution >= 4 is 16.9 Å². The minimum Gasteiger partial charge on any atom is -0.369 e. The van der Waals surface area contributed by atoms with Crippen LogP contribution >= 0.6 is 0 Å². The van der Waals surface area contributed by atoms with E-state index in [4.69, 9.17) is 5.73 Å². The first-order chi connectivity index (χ1) is 9.09. The van der Waals surface area contributed by atoms with Crippen molar-refractivity contribution in [3.63, 3.8) is 0 Å². The van der Waals surface area contributed by atoms with Gasteiger partial charge in [-0.25, -0.2) is 9.78 Å². The summed E-state index contributed by atoms with van der Waals surface area (Å²) in [7, 11) is 0. The summed E-state index contributed by atoms with van der Waals surface area (Å²) in [5.74, 6) is -0.496. The Labute approximate surface area is 107 Å². The minimum atomic E-state index is -0.530. The summed E-state index contributed by atoms with van der Waals surface area (Å²) >= 11 is 0. The zero-order chi connectivity index (χ0) is 13.8. The lowest BCUT2D eigenvalue weighted by atomic mass is 10.3. The van der Waals surface area contributed by atoms with Crippen molar-refractivity contribution in [3.05, 3.63) is 39.2 Å². The lowest BCUT2D eigenvalue weighted by Gasteiger charge is -2.06. The molecule has 0 aliphatic carbocycles. The van der Waals surface area contributed by atoms with Gasteiger partial charge >= 0.3 is 5.69 Å². The van der Waals surface area contributed by atoms with Crippen LogP contribution in [0.25, 0.3) is 11.0 Å². The number of primary amides is 1. The molecule has 0 saturated heterocycles. The first-order valence-electron chi connectivity index (χ1n) is 5.66. The van der Waals surface area contributed by atoms with E-state index < -0.39 is 17.2 Å². The Morgan fingerprint density at radius 3 is 3.00 bits per heavy atom. The summed E-state index contributed by atoms with van der Waals surface area (Å²) in [5.41, 5.74) is 4.28. The molecule has 0 spiro atoms. The third kappa shape index (κ3) is 2.86. The number of aromatic nitrogens is 3. The Bertz CT molecular complexity index is 718. The van der Waals surface area contributed by atoms with Crippen molar-refractivity contribution in [2.75, 3.05) is 13.1 Å². The summed E-state index contributed by atoms with van der Waals surface area (Å²) < 4.78 is 1.05. The zero-order valence-electron chi connectivity index (χ0n) is 10.0. The second-order valence-corrected chi connectivity index (χ2v) is 3.93. The topological polar surface area (TPSA) is 123 Å². The molecular weight excluding hydrogens is 250 g/mol. The van der Waals surface area contributed by atoms with Crippen LogP contribution in [0.5, 0.6) is 0 Å². The van der Waals surface area contributed by atoms with Gasteiger partial charge < -0.3 is 11.1 Å². The maximum Gasteiger partial charge on any atom is 0.330 e. The van der Waals surface area contributed by atoms with Crippen molar-refractivity contribution in [2.24, 2.45) is 5.73 Å². The van der Waals surface area contributed by atoms with Gasteiger partial charge in [-0.05, 0) is 12.1 Å². The highest BCUT2D eigenvalue weighted by molar-refractivity contribution is 5.75. The number of nitrogens with one attached hydrogen (secondary N) is 2. The number of amides is 1. The van der Waals surface area contributed by atoms with Crippen LogP contribution in [0.4, 0.5) is 0 Å². The monoisotopic (exact) mass is 263 g/mol. The number of rotatable bonds is 5. The van der Waals surface area contributed by atoms with Crippen molar-refractivity contribution in [1.82, 2.24) is 19.9 Å². The summed E-state index contributed by atoms with van der Waals surface area (Å²) in [6.07, 6.45) is 1.50. The number of hydrogen-bond acceptors (Lipinski definition) is 5. The molecule has 0 aliphatic heterocycles. The molecule has 2 aromatic heterocycles. The molecule has 0 radical (unpaired) electrons. The molecule has 19 heavy (non-hydrogen) atoms. The average Bonchev–Trinajstić information content (AvgIpc) is 2.37. The van der Waals surface area contributed by atoms with E-state index in [1.165, 1.54) is 6.20 Å². The van der Waals surface area contributed by atoms with Gasteiger partial charge in [0.05, 0.1) is 11.9 Å². The van der Waals surface area contributed by atoms with Gasteiger partial charge in [-0.2, -0.15) is 0 Å². The molecule has 100 valence electrons. The average molecular weight is 263 g/mol. The maximum atomic E-state index is 12.1. The van der Waals surface area contributed by atoms with Crippen molar-refractivity contribution in [1.29, 1.82) is 0 Å². The number of carbonyl (C=O) groups is 1. The summed E-state index contributed by atoms with van der Waals surface area (Å²) in [6.45, 7) is 0.436. The van der Waals surface area contributed by atoms with E-state index in [2.05, 4.69) is 15.3 Å². The van der Waals surface area contributed by atoms with Gasteiger partial charge in [0.15, 0.2) is 0 Å². The first-order valence-corrected chi connectivity index (χ1v) is 5.66. The van der Waals surface area contributed by atoms with E-state index >= 15 is 0 Å². The van der Waals surface area contributed by atoms with Gasteiger partial charge in [-0.3, -0.25) is 19.1 Å². The highest BCUT2D eigenvalue weighted by Crippen LogP contribution is 1.98. The Kier molecular flexibility index (Phi) is 3.71. The molecular formula is C11H13N5O3. The highest BCUT2D eigenvalue weighted by atomic mass is 16.2. The maximum absolute atomic E-state index is 12.1. The number of nitrogens with two attached hydrogens (primary N) is 1. The molecule has 2 rings (SSSR count). The number of nitrogens with zero attached hydrogens (tertiary/aromatic N) is 2. The van der Waals surface area contributed by atoms with Crippen molar-refractivity contribution in [3.8, 4) is 0 Å². The number of pyridine rings is 1. The van der Waals surface area contributed by atoms with E-state index in [1.54, 1.807) is 12.1 Å². The van der Waals surface area contributed by atoms with E-state index in [-0.39, 0.29) is 25.3 Å². The van der Waals surface area contributed by atoms with E-state index in [0.717, 1.165) is 4.57 Å². The molecule has 8 nitrogen and oxygen atoms in total. The predicted octanol–water partition coefficient (Wildman–Crippen LogP) is -1.84. The van der Waals surface area contributed by atoms with Gasteiger partial charge in [-0.1, -0.05) is 0 Å². The summed E-state index contributed by atoms with van der Waals surface area (Å²) in [6, 6.07) is 3.21. The molecule has 0 aromatic carbocycles. The molecule has 0 fully saturated rings. The quantitative estimate of drug-likeness (QED) is 0.547.